The second-order valence-corrected chi connectivity index (χ2v) is 11.5. The van der Waals surface area contributed by atoms with Gasteiger partial charge in [0.05, 0.1) is 24.9 Å². The number of pyridine rings is 2. The number of ether oxygens (including phenoxy) is 4. The van der Waals surface area contributed by atoms with E-state index in [1.54, 1.807) is 18.1 Å². The van der Waals surface area contributed by atoms with E-state index in [1.807, 2.05) is 22.9 Å². The number of amides is 3. The van der Waals surface area contributed by atoms with Gasteiger partial charge in [-0.1, -0.05) is 0 Å². The zero-order valence-corrected chi connectivity index (χ0v) is 25.9. The van der Waals surface area contributed by atoms with Gasteiger partial charge < -0.3 is 23.8 Å². The highest BCUT2D eigenvalue weighted by Crippen LogP contribution is 2.33. The van der Waals surface area contributed by atoms with Gasteiger partial charge in [0, 0.05) is 53.6 Å². The number of piperazine rings is 1. The summed E-state index contributed by atoms with van der Waals surface area (Å²) in [6.45, 7) is 2.60. The number of carbonyl (C=O) groups excluding carboxylic acids is 2. The third-order valence-corrected chi connectivity index (χ3v) is 8.51. The van der Waals surface area contributed by atoms with E-state index in [4.69, 9.17) is 23.9 Å². The highest BCUT2D eigenvalue weighted by molar-refractivity contribution is 6.01. The Kier molecular flexibility index (Phi) is 10.3. The first kappa shape index (κ1) is 31.6. The fourth-order valence-corrected chi connectivity index (χ4v) is 6.03. The number of nitrogens with zero attached hydrogens (tertiary/aromatic N) is 6. The van der Waals surface area contributed by atoms with Crippen LogP contribution >= 0.6 is 0 Å². The van der Waals surface area contributed by atoms with E-state index < -0.39 is 12.3 Å². The standard InChI is InChI=1S/C31H41N7O6/c1-36-12-13-37(27(39)19-36)18-21-14-20-6-5-11-38(29(20)35-28(21)30(42-3)43-4)31(40)34-26-15-25(22(16-32)17-33-26)44-24-9-7-23(41-2)8-10-24/h14-15,17,23-24,30H,5-13,18-19H2,1-4H3,(H,33,34,40). The SMILES string of the molecule is COC1CCC(Oc2cc(NC(=O)N3CCCc4cc(CN5CCN(C)CC5=O)c(C(OC)OC)nc43)ncc2C#N)CC1. The minimum atomic E-state index is -0.774. The van der Waals surface area contributed by atoms with Crippen LogP contribution < -0.4 is 15.0 Å². The Morgan fingerprint density at radius 2 is 1.86 bits per heavy atom. The van der Waals surface area contributed by atoms with E-state index in [2.05, 4.69) is 16.4 Å². The lowest BCUT2D eigenvalue weighted by molar-refractivity contribution is -0.136. The van der Waals surface area contributed by atoms with E-state index in [0.717, 1.165) is 56.2 Å². The Morgan fingerprint density at radius 3 is 2.55 bits per heavy atom. The molecule has 1 saturated heterocycles. The number of hydrogen-bond acceptors (Lipinski definition) is 10. The second-order valence-electron chi connectivity index (χ2n) is 11.5. The van der Waals surface area contributed by atoms with E-state index in [1.165, 1.54) is 20.4 Å². The largest absolute Gasteiger partial charge is 0.489 e. The molecule has 1 saturated carbocycles. The van der Waals surface area contributed by atoms with Crippen LogP contribution in [0.3, 0.4) is 0 Å². The van der Waals surface area contributed by atoms with Crippen LogP contribution in [0.2, 0.25) is 0 Å². The average Bonchev–Trinajstić information content (AvgIpc) is 3.03. The van der Waals surface area contributed by atoms with Gasteiger partial charge in [-0.2, -0.15) is 5.26 Å². The van der Waals surface area contributed by atoms with Gasteiger partial charge in [-0.15, -0.1) is 0 Å². The summed E-state index contributed by atoms with van der Waals surface area (Å²) in [6.07, 6.45) is 5.73. The van der Waals surface area contributed by atoms with Crippen molar-refractivity contribution in [2.45, 2.75) is 63.6 Å². The topological polar surface area (TPSA) is 142 Å². The Bertz CT molecular complexity index is 1390. The monoisotopic (exact) mass is 607 g/mol. The number of nitriles is 1. The number of aromatic nitrogens is 2. The molecule has 1 N–H and O–H groups in total. The third-order valence-electron chi connectivity index (χ3n) is 8.51. The van der Waals surface area contributed by atoms with Crippen molar-refractivity contribution in [2.75, 3.05) is 64.8 Å². The molecule has 13 nitrogen and oxygen atoms in total. The third kappa shape index (κ3) is 7.10. The van der Waals surface area contributed by atoms with Gasteiger partial charge >= 0.3 is 6.03 Å². The number of aryl methyl sites for hydroxylation is 1. The molecular weight excluding hydrogens is 566 g/mol. The molecule has 0 unspecified atom stereocenters. The molecule has 13 heteroatoms. The fourth-order valence-electron chi connectivity index (χ4n) is 6.03. The van der Waals surface area contributed by atoms with Gasteiger partial charge in [0.15, 0.2) is 0 Å². The molecule has 2 fully saturated rings. The van der Waals surface area contributed by atoms with Crippen LogP contribution in [0.15, 0.2) is 18.3 Å². The summed E-state index contributed by atoms with van der Waals surface area (Å²) in [4.78, 5) is 41.0. The first-order chi connectivity index (χ1) is 21.3. The lowest BCUT2D eigenvalue weighted by Gasteiger charge is -2.34. The summed E-state index contributed by atoms with van der Waals surface area (Å²) in [6, 6.07) is 5.35. The van der Waals surface area contributed by atoms with Crippen LogP contribution in [0, 0.1) is 11.3 Å². The fraction of sp³-hybridized carbons (Fsp3) is 0.581. The minimum absolute atomic E-state index is 0.0408. The smallest absolute Gasteiger partial charge is 0.328 e. The summed E-state index contributed by atoms with van der Waals surface area (Å²) >= 11 is 0. The van der Waals surface area contributed by atoms with Crippen molar-refractivity contribution in [1.82, 2.24) is 19.8 Å². The molecule has 2 aromatic heterocycles. The summed E-state index contributed by atoms with van der Waals surface area (Å²) in [5.41, 5.74) is 2.56. The molecule has 0 bridgehead atoms. The van der Waals surface area contributed by atoms with Crippen molar-refractivity contribution >= 4 is 23.6 Å². The van der Waals surface area contributed by atoms with Gasteiger partial charge in [-0.25, -0.2) is 14.8 Å². The number of fused-ring (bicyclic) bond motifs is 1. The number of rotatable bonds is 9. The van der Waals surface area contributed by atoms with Crippen LogP contribution in [-0.2, 0) is 32.0 Å². The number of anilines is 2. The van der Waals surface area contributed by atoms with E-state index >= 15 is 0 Å². The number of likely N-dealkylation sites (N-methyl/N-ethyl adjacent to an activating group) is 1. The first-order valence-corrected chi connectivity index (χ1v) is 15.1. The number of carbonyl (C=O) groups is 2. The molecule has 2 aliphatic heterocycles. The normalized spacial score (nSPS) is 20.8. The molecule has 236 valence electrons. The molecule has 0 radical (unpaired) electrons. The van der Waals surface area contributed by atoms with Gasteiger partial charge in [-0.05, 0) is 62.8 Å². The number of hydrogen-bond donors (Lipinski definition) is 1. The Hall–Kier alpha value is -3.83. The van der Waals surface area contributed by atoms with Gasteiger partial charge in [0.25, 0.3) is 0 Å². The highest BCUT2D eigenvalue weighted by Gasteiger charge is 2.31. The Balaban J connectivity index is 1.36. The van der Waals surface area contributed by atoms with E-state index in [-0.39, 0.29) is 23.9 Å². The predicted molar refractivity (Wildman–Crippen MR) is 161 cm³/mol. The quantitative estimate of drug-likeness (QED) is 0.422. The maximum absolute atomic E-state index is 13.6. The average molecular weight is 608 g/mol. The van der Waals surface area contributed by atoms with Crippen LogP contribution in [0.4, 0.5) is 16.4 Å². The Morgan fingerprint density at radius 1 is 1.11 bits per heavy atom. The van der Waals surface area contributed by atoms with E-state index in [9.17, 15) is 14.9 Å². The van der Waals surface area contributed by atoms with Crippen molar-refractivity contribution in [2.24, 2.45) is 0 Å². The maximum Gasteiger partial charge on any atom is 0.328 e. The van der Waals surface area contributed by atoms with Crippen LogP contribution in [0.1, 0.15) is 60.8 Å². The molecule has 0 spiro atoms. The van der Waals surface area contributed by atoms with Crippen molar-refractivity contribution in [3.8, 4) is 11.8 Å². The molecule has 44 heavy (non-hydrogen) atoms. The molecular formula is C31H41N7O6. The molecule has 3 amide bonds. The van der Waals surface area contributed by atoms with Gasteiger partial charge in [0.1, 0.15) is 34.7 Å². The van der Waals surface area contributed by atoms with Gasteiger partial charge in [-0.3, -0.25) is 19.9 Å². The zero-order chi connectivity index (χ0) is 31.2. The lowest BCUT2D eigenvalue weighted by atomic mass is 9.95. The number of urea groups is 1. The van der Waals surface area contributed by atoms with Crippen molar-refractivity contribution in [3.63, 3.8) is 0 Å². The first-order valence-electron chi connectivity index (χ1n) is 15.1. The zero-order valence-electron chi connectivity index (χ0n) is 25.9. The summed E-state index contributed by atoms with van der Waals surface area (Å²) < 4.78 is 22.8. The van der Waals surface area contributed by atoms with Crippen molar-refractivity contribution in [1.29, 1.82) is 5.26 Å². The molecule has 1 aliphatic carbocycles. The molecule has 0 atom stereocenters. The molecule has 2 aromatic rings. The predicted octanol–water partition coefficient (Wildman–Crippen LogP) is 3.23. The van der Waals surface area contributed by atoms with Crippen LogP contribution in [0.5, 0.6) is 5.75 Å². The summed E-state index contributed by atoms with van der Waals surface area (Å²) in [7, 11) is 6.72. The second kappa shape index (κ2) is 14.3. The maximum atomic E-state index is 13.6. The minimum Gasteiger partial charge on any atom is -0.489 e. The van der Waals surface area contributed by atoms with Crippen molar-refractivity contribution in [3.05, 3.63) is 40.7 Å². The van der Waals surface area contributed by atoms with Crippen molar-refractivity contribution < 1.29 is 28.5 Å². The highest BCUT2D eigenvalue weighted by atomic mass is 16.7. The summed E-state index contributed by atoms with van der Waals surface area (Å²) in [5, 5.41) is 12.5. The molecule has 4 heterocycles. The molecule has 0 aromatic carbocycles. The number of nitrogens with one attached hydrogen (secondary N) is 1. The van der Waals surface area contributed by atoms with Gasteiger partial charge in [0.2, 0.25) is 12.2 Å². The lowest BCUT2D eigenvalue weighted by Crippen LogP contribution is -2.48. The van der Waals surface area contributed by atoms with Crippen LogP contribution in [-0.4, -0.2) is 98.5 Å². The molecule has 3 aliphatic rings. The molecule has 5 rings (SSSR count). The van der Waals surface area contributed by atoms with Crippen LogP contribution in [0.25, 0.3) is 0 Å². The Labute approximate surface area is 258 Å². The van der Waals surface area contributed by atoms with E-state index in [0.29, 0.717) is 49.0 Å². The summed E-state index contributed by atoms with van der Waals surface area (Å²) in [5.74, 6) is 1.23. The number of methoxy groups -OCH3 is 3.